The number of hydrogen-bond donors (Lipinski definition) is 1. The van der Waals surface area contributed by atoms with Crippen molar-refractivity contribution in [3.8, 4) is 0 Å². The van der Waals surface area contributed by atoms with Gasteiger partial charge in [0, 0.05) is 39.0 Å². The molecule has 7 nitrogen and oxygen atoms in total. The van der Waals surface area contributed by atoms with E-state index in [4.69, 9.17) is 0 Å². The first-order valence-electron chi connectivity index (χ1n) is 7.48. The Balaban J connectivity index is 1.82. The van der Waals surface area contributed by atoms with E-state index in [1.54, 1.807) is 24.3 Å². The smallest absolute Gasteiger partial charge is 0.309 e. The van der Waals surface area contributed by atoms with E-state index in [-0.39, 0.29) is 12.3 Å². The quantitative estimate of drug-likeness (QED) is 0.865. The molecular weight excluding hydrogens is 284 g/mol. The summed E-state index contributed by atoms with van der Waals surface area (Å²) in [6, 6.07) is 0. The Morgan fingerprint density at radius 1 is 1.32 bits per heavy atom. The largest absolute Gasteiger partial charge is 0.481 e. The van der Waals surface area contributed by atoms with Gasteiger partial charge in [-0.3, -0.25) is 14.6 Å². The molecule has 1 unspecified atom stereocenters. The number of hydrogen-bond acceptors (Lipinski definition) is 5. The fraction of sp³-hybridized carbons (Fsp3) is 0.600. The van der Waals surface area contributed by atoms with Crippen molar-refractivity contribution >= 4 is 17.7 Å². The summed E-state index contributed by atoms with van der Waals surface area (Å²) in [4.78, 5) is 36.0. The molecule has 1 N–H and O–H groups in total. The Hall–Kier alpha value is -2.18. The molecular formula is C15H20N4O3. The minimum absolute atomic E-state index is 0.0727. The predicted octanol–water partition coefficient (Wildman–Crippen LogP) is 0.687. The molecule has 118 valence electrons. The zero-order valence-electron chi connectivity index (χ0n) is 12.8. The van der Waals surface area contributed by atoms with Gasteiger partial charge in [-0.1, -0.05) is 0 Å². The van der Waals surface area contributed by atoms with Crippen LogP contribution in [0.15, 0.2) is 12.4 Å². The number of carbonyl (C=O) groups is 2. The van der Waals surface area contributed by atoms with Crippen molar-refractivity contribution in [2.24, 2.45) is 5.92 Å². The highest BCUT2D eigenvalue weighted by molar-refractivity contribution is 5.88. The van der Waals surface area contributed by atoms with Gasteiger partial charge in [0.15, 0.2) is 0 Å². The SMILES string of the molecule is Cc1nccnc1N1CCC2(CC1)C(C(=O)O)CC(=O)N2C. The Labute approximate surface area is 129 Å². The predicted molar refractivity (Wildman–Crippen MR) is 79.5 cm³/mol. The van der Waals surface area contributed by atoms with Crippen LogP contribution in [0.25, 0.3) is 0 Å². The molecule has 1 spiro atoms. The Morgan fingerprint density at radius 3 is 2.55 bits per heavy atom. The highest BCUT2D eigenvalue weighted by atomic mass is 16.4. The molecule has 22 heavy (non-hydrogen) atoms. The summed E-state index contributed by atoms with van der Waals surface area (Å²) in [6.45, 7) is 3.28. The van der Waals surface area contributed by atoms with Gasteiger partial charge >= 0.3 is 5.97 Å². The van der Waals surface area contributed by atoms with Gasteiger partial charge in [-0.05, 0) is 19.8 Å². The standard InChI is InChI=1S/C15H20N4O3/c1-10-13(17-6-5-16-10)19-7-3-15(4-8-19)11(14(21)22)9-12(20)18(15)2/h5-6,11H,3-4,7-9H2,1-2H3,(H,21,22). The first-order chi connectivity index (χ1) is 10.5. The van der Waals surface area contributed by atoms with Crippen molar-refractivity contribution in [2.75, 3.05) is 25.0 Å². The average Bonchev–Trinajstić information content (AvgIpc) is 2.74. The van der Waals surface area contributed by atoms with Crippen molar-refractivity contribution in [1.29, 1.82) is 0 Å². The summed E-state index contributed by atoms with van der Waals surface area (Å²) < 4.78 is 0. The molecule has 2 fully saturated rings. The molecule has 3 heterocycles. The molecule has 2 saturated heterocycles. The number of likely N-dealkylation sites (tertiary alicyclic amines) is 1. The fourth-order valence-corrected chi connectivity index (χ4v) is 3.80. The van der Waals surface area contributed by atoms with Crippen LogP contribution >= 0.6 is 0 Å². The summed E-state index contributed by atoms with van der Waals surface area (Å²) in [6.07, 6.45) is 4.71. The topological polar surface area (TPSA) is 86.6 Å². The van der Waals surface area contributed by atoms with Crippen molar-refractivity contribution < 1.29 is 14.7 Å². The molecule has 0 bridgehead atoms. The molecule has 3 rings (SSSR count). The van der Waals surface area contributed by atoms with Crippen LogP contribution in [0.1, 0.15) is 25.0 Å². The van der Waals surface area contributed by atoms with Gasteiger partial charge in [-0.2, -0.15) is 0 Å². The van der Waals surface area contributed by atoms with Crippen LogP contribution in [0.3, 0.4) is 0 Å². The molecule has 0 aliphatic carbocycles. The van der Waals surface area contributed by atoms with Crippen molar-refractivity contribution in [2.45, 2.75) is 31.7 Å². The maximum Gasteiger partial charge on any atom is 0.309 e. The Morgan fingerprint density at radius 2 is 1.95 bits per heavy atom. The van der Waals surface area contributed by atoms with Crippen LogP contribution < -0.4 is 4.90 Å². The van der Waals surface area contributed by atoms with Crippen LogP contribution in [0.4, 0.5) is 5.82 Å². The second kappa shape index (κ2) is 5.23. The van der Waals surface area contributed by atoms with Crippen LogP contribution in [-0.2, 0) is 9.59 Å². The van der Waals surface area contributed by atoms with Gasteiger partial charge in [0.05, 0.1) is 17.2 Å². The van der Waals surface area contributed by atoms with Gasteiger partial charge in [-0.15, -0.1) is 0 Å². The van der Waals surface area contributed by atoms with E-state index in [1.807, 2.05) is 6.92 Å². The van der Waals surface area contributed by atoms with Crippen LogP contribution in [-0.4, -0.2) is 57.5 Å². The lowest BCUT2D eigenvalue weighted by atomic mass is 9.77. The van der Waals surface area contributed by atoms with E-state index < -0.39 is 17.4 Å². The summed E-state index contributed by atoms with van der Waals surface area (Å²) in [7, 11) is 1.73. The average molecular weight is 304 g/mol. The molecule has 1 atom stereocenters. The minimum Gasteiger partial charge on any atom is -0.481 e. The van der Waals surface area contributed by atoms with E-state index in [1.165, 1.54) is 0 Å². The number of nitrogens with zero attached hydrogens (tertiary/aromatic N) is 4. The lowest BCUT2D eigenvalue weighted by molar-refractivity contribution is -0.145. The molecule has 0 saturated carbocycles. The maximum atomic E-state index is 12.0. The number of amides is 1. The number of carboxylic acid groups (broad SMARTS) is 1. The second-order valence-corrected chi connectivity index (χ2v) is 6.10. The van der Waals surface area contributed by atoms with Crippen LogP contribution in [0.5, 0.6) is 0 Å². The van der Waals surface area contributed by atoms with Gasteiger partial charge in [0.2, 0.25) is 5.91 Å². The van der Waals surface area contributed by atoms with E-state index >= 15 is 0 Å². The number of piperidine rings is 1. The first-order valence-corrected chi connectivity index (χ1v) is 7.48. The van der Waals surface area contributed by atoms with E-state index in [0.29, 0.717) is 25.9 Å². The lowest BCUT2D eigenvalue weighted by Crippen LogP contribution is -2.56. The summed E-state index contributed by atoms with van der Waals surface area (Å²) in [5.74, 6) is -0.718. The number of aryl methyl sites for hydroxylation is 1. The van der Waals surface area contributed by atoms with Crippen molar-refractivity contribution in [1.82, 2.24) is 14.9 Å². The Bertz CT molecular complexity index is 611. The highest BCUT2D eigenvalue weighted by Gasteiger charge is 2.55. The summed E-state index contributed by atoms with van der Waals surface area (Å²) in [5, 5.41) is 9.48. The molecule has 1 aromatic heterocycles. The third-order valence-electron chi connectivity index (χ3n) is 5.15. The zero-order chi connectivity index (χ0) is 15.9. The fourth-order valence-electron chi connectivity index (χ4n) is 3.80. The summed E-state index contributed by atoms with van der Waals surface area (Å²) in [5.41, 5.74) is 0.305. The van der Waals surface area contributed by atoms with E-state index in [2.05, 4.69) is 14.9 Å². The van der Waals surface area contributed by atoms with Gasteiger partial charge in [0.25, 0.3) is 0 Å². The number of anilines is 1. The number of rotatable bonds is 2. The van der Waals surface area contributed by atoms with Crippen molar-refractivity contribution in [3.05, 3.63) is 18.1 Å². The van der Waals surface area contributed by atoms with Crippen LogP contribution in [0, 0.1) is 12.8 Å². The van der Waals surface area contributed by atoms with E-state index in [0.717, 1.165) is 11.5 Å². The first kappa shape index (κ1) is 14.7. The van der Waals surface area contributed by atoms with Crippen LogP contribution in [0.2, 0.25) is 0 Å². The monoisotopic (exact) mass is 304 g/mol. The number of aliphatic carboxylic acids is 1. The molecule has 0 aromatic carbocycles. The molecule has 2 aliphatic heterocycles. The second-order valence-electron chi connectivity index (χ2n) is 6.10. The third-order valence-corrected chi connectivity index (χ3v) is 5.15. The zero-order valence-corrected chi connectivity index (χ0v) is 12.8. The molecule has 1 aromatic rings. The molecule has 0 radical (unpaired) electrons. The van der Waals surface area contributed by atoms with Gasteiger partial charge in [-0.25, -0.2) is 4.98 Å². The highest BCUT2D eigenvalue weighted by Crippen LogP contribution is 2.43. The lowest BCUT2D eigenvalue weighted by Gasteiger charge is -2.45. The molecule has 1 amide bonds. The van der Waals surface area contributed by atoms with E-state index in [9.17, 15) is 14.7 Å². The van der Waals surface area contributed by atoms with Crippen molar-refractivity contribution in [3.63, 3.8) is 0 Å². The van der Waals surface area contributed by atoms with Gasteiger partial charge in [0.1, 0.15) is 5.82 Å². The Kier molecular flexibility index (Phi) is 3.50. The summed E-state index contributed by atoms with van der Waals surface area (Å²) >= 11 is 0. The maximum absolute atomic E-state index is 12.0. The third kappa shape index (κ3) is 2.12. The minimum atomic E-state index is -0.873. The number of carboxylic acids is 1. The number of carbonyl (C=O) groups excluding carboxylic acids is 1. The molecule has 7 heteroatoms. The van der Waals surface area contributed by atoms with Gasteiger partial charge < -0.3 is 14.9 Å². The number of aromatic nitrogens is 2. The normalized spacial score (nSPS) is 24.1. The molecule has 2 aliphatic rings.